The molecule has 7 nitrogen and oxygen atoms in total. The van der Waals surface area contributed by atoms with Crippen molar-refractivity contribution in [2.24, 2.45) is 7.05 Å². The third-order valence-electron chi connectivity index (χ3n) is 3.38. The molecule has 21 heavy (non-hydrogen) atoms. The molecule has 1 atom stereocenters. The van der Waals surface area contributed by atoms with Gasteiger partial charge in [-0.3, -0.25) is 4.68 Å². The van der Waals surface area contributed by atoms with Crippen LogP contribution in [0.5, 0.6) is 0 Å². The van der Waals surface area contributed by atoms with Crippen molar-refractivity contribution in [2.75, 3.05) is 23.7 Å². The molecule has 3 N–H and O–H groups in total. The van der Waals surface area contributed by atoms with E-state index in [1.54, 1.807) is 17.1 Å². The second kappa shape index (κ2) is 6.04. The smallest absolute Gasteiger partial charge is 0.229 e. The summed E-state index contributed by atoms with van der Waals surface area (Å²) in [5, 5.41) is 13.4. The van der Waals surface area contributed by atoms with Crippen LogP contribution in [-0.2, 0) is 7.05 Å². The van der Waals surface area contributed by atoms with Crippen LogP contribution in [-0.4, -0.2) is 38.9 Å². The van der Waals surface area contributed by atoms with Gasteiger partial charge in [0.15, 0.2) is 11.6 Å². The van der Waals surface area contributed by atoms with E-state index in [4.69, 9.17) is 0 Å². The van der Waals surface area contributed by atoms with Crippen molar-refractivity contribution in [3.63, 3.8) is 0 Å². The number of aryl methyl sites for hydroxylation is 1. The van der Waals surface area contributed by atoms with E-state index >= 15 is 0 Å². The first-order valence-corrected chi connectivity index (χ1v) is 6.96. The summed E-state index contributed by atoms with van der Waals surface area (Å²) in [4.78, 5) is 8.10. The number of aromatic nitrogens is 4. The summed E-state index contributed by atoms with van der Waals surface area (Å²) in [5.41, 5.74) is 0.757. The molecule has 0 radical (unpaired) electrons. The van der Waals surface area contributed by atoms with Crippen LogP contribution in [0.1, 0.15) is 12.8 Å². The fourth-order valence-electron chi connectivity index (χ4n) is 2.32. The Bertz CT molecular complexity index is 606. The Hall–Kier alpha value is -2.22. The van der Waals surface area contributed by atoms with Crippen molar-refractivity contribution in [3.05, 3.63) is 24.4 Å². The average molecular weight is 291 g/mol. The molecule has 1 unspecified atom stereocenters. The molecule has 112 valence electrons. The van der Waals surface area contributed by atoms with Crippen LogP contribution in [0.15, 0.2) is 18.6 Å². The second-order valence-corrected chi connectivity index (χ2v) is 5.09. The molecule has 1 saturated heterocycles. The molecule has 3 heterocycles. The summed E-state index contributed by atoms with van der Waals surface area (Å²) >= 11 is 0. The van der Waals surface area contributed by atoms with E-state index in [9.17, 15) is 4.39 Å². The van der Waals surface area contributed by atoms with Gasteiger partial charge in [-0.15, -0.1) is 0 Å². The minimum absolute atomic E-state index is 0.213. The molecule has 8 heteroatoms. The SMILES string of the molecule is Cn1cc(Nc2ncc(F)c(NCC3CCCN3)n2)cn1. The molecule has 0 spiro atoms. The number of halogens is 1. The van der Waals surface area contributed by atoms with Gasteiger partial charge in [-0.1, -0.05) is 0 Å². The Morgan fingerprint density at radius 1 is 1.48 bits per heavy atom. The van der Waals surface area contributed by atoms with Gasteiger partial charge in [0.25, 0.3) is 0 Å². The van der Waals surface area contributed by atoms with Crippen molar-refractivity contribution in [3.8, 4) is 0 Å². The van der Waals surface area contributed by atoms with Gasteiger partial charge in [0.2, 0.25) is 5.95 Å². The Kier molecular flexibility index (Phi) is 3.96. The summed E-state index contributed by atoms with van der Waals surface area (Å²) in [6, 6.07) is 0.370. The highest BCUT2D eigenvalue weighted by Crippen LogP contribution is 2.16. The third-order valence-corrected chi connectivity index (χ3v) is 3.38. The number of rotatable bonds is 5. The lowest BCUT2D eigenvalue weighted by molar-refractivity contribution is 0.604. The zero-order chi connectivity index (χ0) is 14.7. The topological polar surface area (TPSA) is 79.7 Å². The van der Waals surface area contributed by atoms with Crippen LogP contribution in [0.3, 0.4) is 0 Å². The third kappa shape index (κ3) is 3.46. The van der Waals surface area contributed by atoms with Crippen molar-refractivity contribution in [1.82, 2.24) is 25.1 Å². The monoisotopic (exact) mass is 291 g/mol. The van der Waals surface area contributed by atoms with Crippen molar-refractivity contribution >= 4 is 17.5 Å². The molecule has 0 bridgehead atoms. The molecule has 2 aromatic heterocycles. The summed E-state index contributed by atoms with van der Waals surface area (Å²) in [6.07, 6.45) is 6.87. The zero-order valence-electron chi connectivity index (χ0n) is 11.8. The van der Waals surface area contributed by atoms with E-state index in [1.165, 1.54) is 0 Å². The molecular formula is C13H18FN7. The highest BCUT2D eigenvalue weighted by Gasteiger charge is 2.15. The Labute approximate surface area is 122 Å². The van der Waals surface area contributed by atoms with Crippen LogP contribution in [0, 0.1) is 5.82 Å². The van der Waals surface area contributed by atoms with E-state index in [0.29, 0.717) is 18.5 Å². The van der Waals surface area contributed by atoms with Gasteiger partial charge in [-0.05, 0) is 19.4 Å². The lowest BCUT2D eigenvalue weighted by Gasteiger charge is -2.13. The second-order valence-electron chi connectivity index (χ2n) is 5.09. The predicted octanol–water partition coefficient (Wildman–Crippen LogP) is 1.26. The molecule has 0 aliphatic carbocycles. The summed E-state index contributed by atoms with van der Waals surface area (Å²) < 4.78 is 15.4. The molecule has 1 aliphatic heterocycles. The maximum absolute atomic E-state index is 13.7. The van der Waals surface area contributed by atoms with E-state index < -0.39 is 5.82 Å². The lowest BCUT2D eigenvalue weighted by Crippen LogP contribution is -2.29. The van der Waals surface area contributed by atoms with Crippen LogP contribution in [0.2, 0.25) is 0 Å². The molecule has 3 rings (SSSR count). The van der Waals surface area contributed by atoms with Gasteiger partial charge in [0.1, 0.15) is 0 Å². The minimum atomic E-state index is -0.454. The fourth-order valence-corrected chi connectivity index (χ4v) is 2.32. The Morgan fingerprint density at radius 2 is 2.38 bits per heavy atom. The summed E-state index contributed by atoms with van der Waals surface area (Å²) in [6.45, 7) is 1.67. The standard InChI is InChI=1S/C13H18FN7/c1-21-8-10(6-18-21)19-13-17-7-11(14)12(20-13)16-5-9-3-2-4-15-9/h6-9,15H,2-5H2,1H3,(H2,16,17,19,20). The Balaban J connectivity index is 1.66. The molecule has 0 aromatic carbocycles. The Morgan fingerprint density at radius 3 is 3.10 bits per heavy atom. The maximum Gasteiger partial charge on any atom is 0.229 e. The first kappa shape index (κ1) is 13.7. The first-order valence-electron chi connectivity index (χ1n) is 6.96. The molecule has 1 aliphatic rings. The summed E-state index contributed by atoms with van der Waals surface area (Å²) in [5.74, 6) is 0.0982. The zero-order valence-corrected chi connectivity index (χ0v) is 11.8. The van der Waals surface area contributed by atoms with E-state index in [-0.39, 0.29) is 5.82 Å². The largest absolute Gasteiger partial charge is 0.366 e. The number of hydrogen-bond acceptors (Lipinski definition) is 6. The van der Waals surface area contributed by atoms with Crippen molar-refractivity contribution in [1.29, 1.82) is 0 Å². The van der Waals surface area contributed by atoms with Gasteiger partial charge in [0.05, 0.1) is 18.1 Å². The molecule has 2 aromatic rings. The molecule has 0 saturated carbocycles. The first-order chi connectivity index (χ1) is 10.2. The van der Waals surface area contributed by atoms with Crippen molar-refractivity contribution < 1.29 is 4.39 Å². The normalized spacial score (nSPS) is 17.9. The van der Waals surface area contributed by atoms with Crippen LogP contribution in [0.25, 0.3) is 0 Å². The van der Waals surface area contributed by atoms with Crippen molar-refractivity contribution in [2.45, 2.75) is 18.9 Å². The quantitative estimate of drug-likeness (QED) is 0.769. The van der Waals surface area contributed by atoms with E-state index in [0.717, 1.165) is 31.3 Å². The lowest BCUT2D eigenvalue weighted by atomic mass is 10.2. The van der Waals surface area contributed by atoms with Crippen LogP contribution < -0.4 is 16.0 Å². The number of nitrogens with one attached hydrogen (secondary N) is 3. The number of hydrogen-bond donors (Lipinski definition) is 3. The van der Waals surface area contributed by atoms with Gasteiger partial charge in [-0.25, -0.2) is 9.37 Å². The average Bonchev–Trinajstić information content (AvgIpc) is 3.11. The predicted molar refractivity (Wildman–Crippen MR) is 78.0 cm³/mol. The van der Waals surface area contributed by atoms with E-state index in [1.807, 2.05) is 7.05 Å². The highest BCUT2D eigenvalue weighted by atomic mass is 19.1. The van der Waals surface area contributed by atoms with Gasteiger partial charge < -0.3 is 16.0 Å². The summed E-state index contributed by atoms with van der Waals surface area (Å²) in [7, 11) is 1.82. The van der Waals surface area contributed by atoms with E-state index in [2.05, 4.69) is 31.0 Å². The number of anilines is 3. The van der Waals surface area contributed by atoms with Crippen LogP contribution in [0.4, 0.5) is 21.8 Å². The number of nitrogens with zero attached hydrogens (tertiary/aromatic N) is 4. The van der Waals surface area contributed by atoms with Crippen LogP contribution >= 0.6 is 0 Å². The fraction of sp³-hybridized carbons (Fsp3) is 0.462. The minimum Gasteiger partial charge on any atom is -0.366 e. The van der Waals surface area contributed by atoms with Gasteiger partial charge in [-0.2, -0.15) is 10.1 Å². The molecular weight excluding hydrogens is 273 g/mol. The maximum atomic E-state index is 13.7. The van der Waals surface area contributed by atoms with Gasteiger partial charge in [0, 0.05) is 25.8 Å². The van der Waals surface area contributed by atoms with Gasteiger partial charge >= 0.3 is 0 Å². The molecule has 0 amide bonds. The highest BCUT2D eigenvalue weighted by molar-refractivity contribution is 5.52. The molecule has 1 fully saturated rings.